The normalized spacial score (nSPS) is 27.2. The highest BCUT2D eigenvalue weighted by molar-refractivity contribution is 6.62. The molecule has 1 saturated carbocycles. The van der Waals surface area contributed by atoms with Crippen LogP contribution in [0.15, 0.2) is 24.3 Å². The predicted molar refractivity (Wildman–Crippen MR) is 98.9 cm³/mol. The van der Waals surface area contributed by atoms with Gasteiger partial charge < -0.3 is 14.0 Å². The Morgan fingerprint density at radius 3 is 2.32 bits per heavy atom. The van der Waals surface area contributed by atoms with Crippen LogP contribution in [-0.4, -0.2) is 29.9 Å². The summed E-state index contributed by atoms with van der Waals surface area (Å²) in [5, 5.41) is 0. The van der Waals surface area contributed by atoms with Crippen LogP contribution in [-0.2, 0) is 18.8 Å². The SMILES string of the molecule is CC(C)(C)OC(=O)[C@@H]1C[C@H]1c1cccc(B2OC(C)(C)C(C)(C)O2)c1. The van der Waals surface area contributed by atoms with E-state index in [0.717, 1.165) is 17.4 Å². The van der Waals surface area contributed by atoms with Gasteiger partial charge in [-0.05, 0) is 71.8 Å². The molecule has 0 spiro atoms. The summed E-state index contributed by atoms with van der Waals surface area (Å²) < 4.78 is 17.8. The van der Waals surface area contributed by atoms with Gasteiger partial charge in [0.15, 0.2) is 0 Å². The monoisotopic (exact) mass is 344 g/mol. The van der Waals surface area contributed by atoms with Gasteiger partial charge in [-0.1, -0.05) is 24.3 Å². The van der Waals surface area contributed by atoms with Crippen LogP contribution in [0.2, 0.25) is 0 Å². The van der Waals surface area contributed by atoms with Crippen molar-refractivity contribution in [3.63, 3.8) is 0 Å². The lowest BCUT2D eigenvalue weighted by atomic mass is 9.78. The molecule has 2 fully saturated rings. The first-order valence-corrected chi connectivity index (χ1v) is 9.08. The molecule has 1 aromatic carbocycles. The van der Waals surface area contributed by atoms with Crippen molar-refractivity contribution in [1.82, 2.24) is 0 Å². The maximum absolute atomic E-state index is 12.2. The van der Waals surface area contributed by atoms with Gasteiger partial charge in [-0.25, -0.2) is 0 Å². The van der Waals surface area contributed by atoms with Crippen LogP contribution in [0.5, 0.6) is 0 Å². The Kier molecular flexibility index (Phi) is 4.32. The Balaban J connectivity index is 1.71. The highest BCUT2D eigenvalue weighted by Crippen LogP contribution is 2.48. The molecule has 2 atom stereocenters. The van der Waals surface area contributed by atoms with Gasteiger partial charge >= 0.3 is 13.1 Å². The fraction of sp³-hybridized carbons (Fsp3) is 0.650. The Labute approximate surface area is 151 Å². The van der Waals surface area contributed by atoms with Crippen molar-refractivity contribution >= 4 is 18.6 Å². The molecule has 1 aromatic rings. The summed E-state index contributed by atoms with van der Waals surface area (Å²) in [7, 11) is -0.372. The van der Waals surface area contributed by atoms with E-state index in [-0.39, 0.29) is 36.1 Å². The van der Waals surface area contributed by atoms with Gasteiger partial charge in [0.1, 0.15) is 5.60 Å². The molecule has 0 bridgehead atoms. The average molecular weight is 344 g/mol. The van der Waals surface area contributed by atoms with Crippen molar-refractivity contribution < 1.29 is 18.8 Å². The van der Waals surface area contributed by atoms with Crippen molar-refractivity contribution in [2.24, 2.45) is 5.92 Å². The standard InChI is InChI=1S/C20H29BO4/c1-18(2,3)23-17(22)16-12-15(16)13-9-8-10-14(11-13)21-24-19(4,5)20(6,7)25-21/h8-11,15-16H,12H2,1-7H3/t15-,16+/m0/s1. The van der Waals surface area contributed by atoms with E-state index in [1.54, 1.807) is 0 Å². The lowest BCUT2D eigenvalue weighted by molar-refractivity contribution is -0.156. The molecule has 25 heavy (non-hydrogen) atoms. The van der Waals surface area contributed by atoms with E-state index in [1.165, 1.54) is 0 Å². The molecule has 0 N–H and O–H groups in total. The zero-order valence-electron chi connectivity index (χ0n) is 16.4. The topological polar surface area (TPSA) is 44.8 Å². The van der Waals surface area contributed by atoms with E-state index in [4.69, 9.17) is 14.0 Å². The Morgan fingerprint density at radius 1 is 1.16 bits per heavy atom. The minimum absolute atomic E-state index is 0.0345. The fourth-order valence-electron chi connectivity index (χ4n) is 3.12. The second-order valence-corrected chi connectivity index (χ2v) is 9.24. The largest absolute Gasteiger partial charge is 0.494 e. The van der Waals surface area contributed by atoms with E-state index in [1.807, 2.05) is 32.9 Å². The van der Waals surface area contributed by atoms with Gasteiger partial charge in [-0.2, -0.15) is 0 Å². The van der Waals surface area contributed by atoms with Gasteiger partial charge in [0.05, 0.1) is 17.1 Å². The molecule has 1 heterocycles. The van der Waals surface area contributed by atoms with Crippen LogP contribution >= 0.6 is 0 Å². The van der Waals surface area contributed by atoms with Crippen molar-refractivity contribution in [2.45, 2.75) is 77.6 Å². The number of hydrogen-bond acceptors (Lipinski definition) is 4. The molecule has 1 aliphatic carbocycles. The minimum atomic E-state index is -0.436. The Morgan fingerprint density at radius 2 is 1.76 bits per heavy atom. The second kappa shape index (κ2) is 5.85. The summed E-state index contributed by atoms with van der Waals surface area (Å²) in [5.74, 6) is 0.100. The molecule has 3 rings (SSSR count). The van der Waals surface area contributed by atoms with Gasteiger partial charge in [0, 0.05) is 0 Å². The molecular formula is C20H29BO4. The summed E-state index contributed by atoms with van der Waals surface area (Å²) >= 11 is 0. The molecule has 1 saturated heterocycles. The first-order valence-electron chi connectivity index (χ1n) is 9.08. The minimum Gasteiger partial charge on any atom is -0.460 e. The van der Waals surface area contributed by atoms with Crippen molar-refractivity contribution in [3.05, 3.63) is 29.8 Å². The molecule has 1 aliphatic heterocycles. The summed E-state index contributed by atoms with van der Waals surface area (Å²) in [6.07, 6.45) is 0.849. The third-order valence-corrected chi connectivity index (χ3v) is 5.36. The van der Waals surface area contributed by atoms with Crippen LogP contribution in [0.25, 0.3) is 0 Å². The maximum atomic E-state index is 12.2. The van der Waals surface area contributed by atoms with Crippen LogP contribution < -0.4 is 5.46 Å². The number of benzene rings is 1. The van der Waals surface area contributed by atoms with E-state index in [9.17, 15) is 4.79 Å². The predicted octanol–water partition coefficient (Wildman–Crippen LogP) is 3.43. The van der Waals surface area contributed by atoms with Crippen molar-refractivity contribution in [3.8, 4) is 0 Å². The van der Waals surface area contributed by atoms with Crippen molar-refractivity contribution in [2.75, 3.05) is 0 Å². The molecule has 0 unspecified atom stereocenters. The third-order valence-electron chi connectivity index (χ3n) is 5.36. The zero-order chi connectivity index (χ0) is 18.6. The average Bonchev–Trinajstić information content (AvgIpc) is 3.21. The molecule has 0 radical (unpaired) electrons. The lowest BCUT2D eigenvalue weighted by Crippen LogP contribution is -2.41. The van der Waals surface area contributed by atoms with Crippen LogP contribution in [0, 0.1) is 5.92 Å². The highest BCUT2D eigenvalue weighted by Gasteiger charge is 2.52. The van der Waals surface area contributed by atoms with Gasteiger partial charge in [-0.3, -0.25) is 4.79 Å². The molecule has 0 amide bonds. The molecule has 2 aliphatic rings. The third kappa shape index (κ3) is 3.77. The Hall–Kier alpha value is -1.33. The second-order valence-electron chi connectivity index (χ2n) is 9.24. The first-order chi connectivity index (χ1) is 11.4. The quantitative estimate of drug-likeness (QED) is 0.623. The summed E-state index contributed by atoms with van der Waals surface area (Å²) in [6, 6.07) is 8.22. The molecular weight excluding hydrogens is 315 g/mol. The van der Waals surface area contributed by atoms with Crippen LogP contribution in [0.1, 0.15) is 66.4 Å². The number of esters is 1. The maximum Gasteiger partial charge on any atom is 0.494 e. The number of carbonyl (C=O) groups excluding carboxylic acids is 1. The van der Waals surface area contributed by atoms with Crippen molar-refractivity contribution in [1.29, 1.82) is 0 Å². The summed E-state index contributed by atoms with van der Waals surface area (Å²) in [6.45, 7) is 13.9. The first kappa shape index (κ1) is 18.5. The Bertz CT molecular complexity index is 659. The smallest absolute Gasteiger partial charge is 0.460 e. The molecule has 5 heteroatoms. The van der Waals surface area contributed by atoms with Crippen LogP contribution in [0.4, 0.5) is 0 Å². The zero-order valence-corrected chi connectivity index (χ0v) is 16.4. The van der Waals surface area contributed by atoms with E-state index < -0.39 is 5.60 Å². The number of ether oxygens (including phenoxy) is 1. The fourth-order valence-corrected chi connectivity index (χ4v) is 3.12. The van der Waals surface area contributed by atoms with Gasteiger partial charge in [0.2, 0.25) is 0 Å². The van der Waals surface area contributed by atoms with Gasteiger partial charge in [0.25, 0.3) is 0 Å². The summed E-state index contributed by atoms with van der Waals surface area (Å²) in [5.41, 5.74) is 1.02. The lowest BCUT2D eigenvalue weighted by Gasteiger charge is -2.32. The number of rotatable bonds is 3. The van der Waals surface area contributed by atoms with E-state index in [2.05, 4.69) is 39.8 Å². The van der Waals surface area contributed by atoms with E-state index in [0.29, 0.717) is 0 Å². The van der Waals surface area contributed by atoms with Gasteiger partial charge in [-0.15, -0.1) is 0 Å². The molecule has 136 valence electrons. The highest BCUT2D eigenvalue weighted by atomic mass is 16.7. The number of hydrogen-bond donors (Lipinski definition) is 0. The molecule has 4 nitrogen and oxygen atoms in total. The number of carbonyl (C=O) groups is 1. The van der Waals surface area contributed by atoms with E-state index >= 15 is 0 Å². The summed E-state index contributed by atoms with van der Waals surface area (Å²) in [4.78, 5) is 12.2. The molecule has 0 aromatic heterocycles. The van der Waals surface area contributed by atoms with Crippen LogP contribution in [0.3, 0.4) is 0 Å².